The second-order valence-corrected chi connectivity index (χ2v) is 15.5. The largest absolute Gasteiger partial charge is 0.456 e. The van der Waals surface area contributed by atoms with Crippen molar-refractivity contribution in [2.24, 2.45) is 0 Å². The van der Waals surface area contributed by atoms with Gasteiger partial charge in [-0.25, -0.2) is 15.0 Å². The fraction of sp³-hybridized carbons (Fsp3) is 0. The van der Waals surface area contributed by atoms with Crippen molar-refractivity contribution in [3.05, 3.63) is 212 Å². The van der Waals surface area contributed by atoms with Crippen LogP contribution >= 0.6 is 0 Å². The van der Waals surface area contributed by atoms with Crippen molar-refractivity contribution >= 4 is 54.5 Å². The standard InChI is InChI=1S/C57H35N3O/c1-3-15-36(16-4-1)40-19-13-21-42(33-40)56-45-24-8-11-27-49(45)59-57(60-56)43-22-14-20-41(34-43)37-29-31-39(32-30-37)55-47-35-51-54(46-25-9-12-28-50(46)61-51)52(38-17-5-2-6-18-38)53(47)44-23-7-10-26-48(44)58-55/h1-35H. The molecular weight excluding hydrogens is 743 g/mol. The second kappa shape index (κ2) is 14.3. The van der Waals surface area contributed by atoms with E-state index < -0.39 is 0 Å². The molecule has 4 heteroatoms. The molecule has 12 rings (SSSR count). The lowest BCUT2D eigenvalue weighted by molar-refractivity contribution is 0.669. The van der Waals surface area contributed by atoms with Crippen LogP contribution in [0.4, 0.5) is 0 Å². The Hall–Kier alpha value is -8.21. The van der Waals surface area contributed by atoms with Crippen LogP contribution in [0.15, 0.2) is 217 Å². The highest BCUT2D eigenvalue weighted by molar-refractivity contribution is 6.27. The molecule has 0 aliphatic heterocycles. The average Bonchev–Trinajstić information content (AvgIpc) is 3.71. The zero-order chi connectivity index (χ0) is 40.3. The van der Waals surface area contributed by atoms with Gasteiger partial charge in [0.15, 0.2) is 5.82 Å². The molecule has 0 amide bonds. The molecule has 284 valence electrons. The fourth-order valence-electron chi connectivity index (χ4n) is 8.99. The van der Waals surface area contributed by atoms with Crippen molar-refractivity contribution in [1.29, 1.82) is 0 Å². The van der Waals surface area contributed by atoms with E-state index in [0.717, 1.165) is 105 Å². The Kier molecular flexibility index (Phi) is 8.13. The summed E-state index contributed by atoms with van der Waals surface area (Å²) in [4.78, 5) is 15.7. The summed E-state index contributed by atoms with van der Waals surface area (Å²) in [6.07, 6.45) is 0. The maximum absolute atomic E-state index is 6.59. The van der Waals surface area contributed by atoms with E-state index >= 15 is 0 Å². The molecule has 0 bridgehead atoms. The maximum Gasteiger partial charge on any atom is 0.160 e. The Morgan fingerprint density at radius 2 is 0.803 bits per heavy atom. The third-order valence-electron chi connectivity index (χ3n) is 11.8. The van der Waals surface area contributed by atoms with Crippen LogP contribution < -0.4 is 0 Å². The molecule has 61 heavy (non-hydrogen) atoms. The number of furan rings is 1. The van der Waals surface area contributed by atoms with Gasteiger partial charge in [0.2, 0.25) is 0 Å². The first-order chi connectivity index (χ1) is 30.2. The first-order valence-corrected chi connectivity index (χ1v) is 20.6. The van der Waals surface area contributed by atoms with Gasteiger partial charge in [-0.3, -0.25) is 0 Å². The zero-order valence-electron chi connectivity index (χ0n) is 33.0. The van der Waals surface area contributed by atoms with E-state index in [9.17, 15) is 0 Å². The molecule has 3 heterocycles. The topological polar surface area (TPSA) is 51.8 Å². The Morgan fingerprint density at radius 3 is 1.56 bits per heavy atom. The number of fused-ring (bicyclic) bond motifs is 7. The lowest BCUT2D eigenvalue weighted by atomic mass is 9.89. The molecule has 12 aromatic rings. The first kappa shape index (κ1) is 34.8. The Balaban J connectivity index is 0.977. The summed E-state index contributed by atoms with van der Waals surface area (Å²) in [5.74, 6) is 0.690. The van der Waals surface area contributed by atoms with Crippen LogP contribution in [0, 0.1) is 0 Å². The molecule has 9 aromatic carbocycles. The summed E-state index contributed by atoms with van der Waals surface area (Å²) in [5.41, 5.74) is 15.3. The Bertz CT molecular complexity index is 3630. The molecule has 0 radical (unpaired) electrons. The highest BCUT2D eigenvalue weighted by Gasteiger charge is 2.22. The quantitative estimate of drug-likeness (QED) is 0.158. The molecule has 0 N–H and O–H groups in total. The van der Waals surface area contributed by atoms with Crippen molar-refractivity contribution in [2.45, 2.75) is 0 Å². The summed E-state index contributed by atoms with van der Waals surface area (Å²) in [6.45, 7) is 0. The summed E-state index contributed by atoms with van der Waals surface area (Å²) >= 11 is 0. The van der Waals surface area contributed by atoms with Crippen molar-refractivity contribution < 1.29 is 4.42 Å². The van der Waals surface area contributed by atoms with E-state index in [1.165, 1.54) is 10.9 Å². The summed E-state index contributed by atoms with van der Waals surface area (Å²) < 4.78 is 6.59. The molecular formula is C57H35N3O. The van der Waals surface area contributed by atoms with Gasteiger partial charge in [0.1, 0.15) is 11.2 Å². The number of para-hydroxylation sites is 3. The van der Waals surface area contributed by atoms with Gasteiger partial charge < -0.3 is 4.42 Å². The van der Waals surface area contributed by atoms with Crippen molar-refractivity contribution in [3.8, 4) is 67.3 Å². The predicted octanol–water partition coefficient (Wildman–Crippen LogP) is 15.2. The number of aromatic nitrogens is 3. The van der Waals surface area contributed by atoms with Crippen LogP contribution in [0.3, 0.4) is 0 Å². The van der Waals surface area contributed by atoms with Crippen LogP contribution in [0.2, 0.25) is 0 Å². The first-order valence-electron chi connectivity index (χ1n) is 20.6. The lowest BCUT2D eigenvalue weighted by Crippen LogP contribution is -1.96. The van der Waals surface area contributed by atoms with Crippen molar-refractivity contribution in [3.63, 3.8) is 0 Å². The van der Waals surface area contributed by atoms with Crippen LogP contribution in [-0.4, -0.2) is 15.0 Å². The third-order valence-corrected chi connectivity index (χ3v) is 11.8. The Labute approximate surface area is 352 Å². The van der Waals surface area contributed by atoms with Crippen LogP contribution in [-0.2, 0) is 0 Å². The lowest BCUT2D eigenvalue weighted by Gasteiger charge is -2.16. The normalized spacial score (nSPS) is 11.6. The molecule has 0 aliphatic rings. The summed E-state index contributed by atoms with van der Waals surface area (Å²) in [5, 5.41) is 6.59. The van der Waals surface area contributed by atoms with Gasteiger partial charge in [0, 0.05) is 54.6 Å². The highest BCUT2D eigenvalue weighted by atomic mass is 16.3. The SMILES string of the molecule is c1ccc(-c2cccc(-c3nc(-c4cccc(-c5ccc(-c6nc7ccccc7c7c(-c8ccccc8)c8c(cc67)oc6ccccc68)cc5)c4)nc4ccccc34)c2)cc1. The zero-order valence-corrected chi connectivity index (χ0v) is 33.0. The minimum absolute atomic E-state index is 0.690. The van der Waals surface area contributed by atoms with E-state index in [0.29, 0.717) is 5.82 Å². The number of pyridine rings is 1. The van der Waals surface area contributed by atoms with Crippen molar-refractivity contribution in [1.82, 2.24) is 15.0 Å². The molecule has 4 nitrogen and oxygen atoms in total. The summed E-state index contributed by atoms with van der Waals surface area (Å²) in [7, 11) is 0. The number of hydrogen-bond acceptors (Lipinski definition) is 4. The molecule has 3 aromatic heterocycles. The Morgan fingerprint density at radius 1 is 0.279 bits per heavy atom. The van der Waals surface area contributed by atoms with Gasteiger partial charge >= 0.3 is 0 Å². The van der Waals surface area contributed by atoms with Gasteiger partial charge in [-0.15, -0.1) is 0 Å². The molecule has 0 fully saturated rings. The van der Waals surface area contributed by atoms with Gasteiger partial charge in [-0.1, -0.05) is 176 Å². The molecule has 0 unspecified atom stereocenters. The second-order valence-electron chi connectivity index (χ2n) is 15.5. The van der Waals surface area contributed by atoms with Gasteiger partial charge in [0.25, 0.3) is 0 Å². The van der Waals surface area contributed by atoms with E-state index in [1.54, 1.807) is 0 Å². The molecule has 0 spiro atoms. The third kappa shape index (κ3) is 5.96. The predicted molar refractivity (Wildman–Crippen MR) is 252 cm³/mol. The molecule has 0 saturated carbocycles. The smallest absolute Gasteiger partial charge is 0.160 e. The number of benzene rings is 9. The van der Waals surface area contributed by atoms with E-state index in [2.05, 4.69) is 194 Å². The van der Waals surface area contributed by atoms with Gasteiger partial charge in [0.05, 0.1) is 22.4 Å². The number of nitrogens with zero attached hydrogens (tertiary/aromatic N) is 3. The minimum atomic E-state index is 0.690. The molecule has 0 saturated heterocycles. The number of hydrogen-bond donors (Lipinski definition) is 0. The monoisotopic (exact) mass is 777 g/mol. The van der Waals surface area contributed by atoms with E-state index in [1.807, 2.05) is 18.2 Å². The number of rotatable bonds is 6. The molecule has 0 aliphatic carbocycles. The van der Waals surface area contributed by atoms with E-state index in [-0.39, 0.29) is 0 Å². The van der Waals surface area contributed by atoms with Crippen LogP contribution in [0.5, 0.6) is 0 Å². The highest BCUT2D eigenvalue weighted by Crippen LogP contribution is 2.46. The minimum Gasteiger partial charge on any atom is -0.456 e. The van der Waals surface area contributed by atoms with E-state index in [4.69, 9.17) is 19.4 Å². The molecule has 0 atom stereocenters. The van der Waals surface area contributed by atoms with Gasteiger partial charge in [-0.2, -0.15) is 0 Å². The van der Waals surface area contributed by atoms with Crippen molar-refractivity contribution in [2.75, 3.05) is 0 Å². The average molecular weight is 778 g/mol. The maximum atomic E-state index is 6.59. The van der Waals surface area contributed by atoms with Crippen LogP contribution in [0.1, 0.15) is 0 Å². The van der Waals surface area contributed by atoms with Gasteiger partial charge in [-0.05, 0) is 64.2 Å². The van der Waals surface area contributed by atoms with Crippen LogP contribution in [0.25, 0.3) is 122 Å². The summed E-state index contributed by atoms with van der Waals surface area (Å²) in [6, 6.07) is 74.3. The fourth-order valence-corrected chi connectivity index (χ4v) is 8.99.